The maximum atomic E-state index is 12.8. The molecule has 3 rings (SSSR count). The van der Waals surface area contributed by atoms with E-state index in [1.807, 2.05) is 18.3 Å². The standard InChI is InChI=1S/C16H19N3O2S2/c1-11-8-13-14(23-11)15(20)19(6-7-21-2)16(18-13)22-10-12-4-3-5-17-9-12/h3-5,9,11H,6-8,10H2,1-2H3. The van der Waals surface area contributed by atoms with Crippen LogP contribution in [0.25, 0.3) is 0 Å². The summed E-state index contributed by atoms with van der Waals surface area (Å²) in [5.74, 6) is 0.745. The van der Waals surface area contributed by atoms with Gasteiger partial charge in [-0.2, -0.15) is 0 Å². The van der Waals surface area contributed by atoms with Gasteiger partial charge in [-0.15, -0.1) is 11.8 Å². The summed E-state index contributed by atoms with van der Waals surface area (Å²) in [4.78, 5) is 22.5. The summed E-state index contributed by atoms with van der Waals surface area (Å²) in [5, 5.41) is 1.18. The van der Waals surface area contributed by atoms with E-state index in [0.29, 0.717) is 18.4 Å². The van der Waals surface area contributed by atoms with Gasteiger partial charge in [0.15, 0.2) is 5.16 Å². The summed E-state index contributed by atoms with van der Waals surface area (Å²) < 4.78 is 6.89. The Morgan fingerprint density at radius 3 is 3.13 bits per heavy atom. The first-order valence-electron chi connectivity index (χ1n) is 7.50. The van der Waals surface area contributed by atoms with Crippen molar-refractivity contribution in [1.82, 2.24) is 14.5 Å². The van der Waals surface area contributed by atoms with Crippen molar-refractivity contribution in [3.05, 3.63) is 46.1 Å². The number of ether oxygens (including phenoxy) is 1. The SMILES string of the molecule is COCCn1c(SCc2cccnc2)nc2c(c1=O)SC(C)C2. The number of fused-ring (bicyclic) bond motifs is 1. The third kappa shape index (κ3) is 3.79. The quantitative estimate of drug-likeness (QED) is 0.590. The van der Waals surface area contributed by atoms with Crippen LogP contribution in [-0.2, 0) is 23.5 Å². The lowest BCUT2D eigenvalue weighted by Gasteiger charge is -2.13. The van der Waals surface area contributed by atoms with Crippen molar-refractivity contribution < 1.29 is 4.74 Å². The molecule has 0 spiro atoms. The first kappa shape index (κ1) is 16.5. The molecule has 5 nitrogen and oxygen atoms in total. The van der Waals surface area contributed by atoms with E-state index in [9.17, 15) is 4.79 Å². The van der Waals surface area contributed by atoms with Crippen LogP contribution in [0.4, 0.5) is 0 Å². The van der Waals surface area contributed by atoms with Crippen molar-refractivity contribution in [2.75, 3.05) is 13.7 Å². The minimum absolute atomic E-state index is 0.0649. The molecule has 0 bridgehead atoms. The first-order valence-corrected chi connectivity index (χ1v) is 9.36. The molecular formula is C16H19N3O2S2. The van der Waals surface area contributed by atoms with E-state index in [-0.39, 0.29) is 5.56 Å². The van der Waals surface area contributed by atoms with Crippen LogP contribution in [0.5, 0.6) is 0 Å². The Balaban J connectivity index is 1.89. The van der Waals surface area contributed by atoms with Crippen LogP contribution in [0, 0.1) is 0 Å². The molecule has 0 amide bonds. The molecule has 0 radical (unpaired) electrons. The fraction of sp³-hybridized carbons (Fsp3) is 0.438. The molecule has 0 saturated carbocycles. The van der Waals surface area contributed by atoms with E-state index in [4.69, 9.17) is 9.72 Å². The summed E-state index contributed by atoms with van der Waals surface area (Å²) in [6, 6.07) is 3.95. The average Bonchev–Trinajstić information content (AvgIpc) is 2.94. The van der Waals surface area contributed by atoms with Crippen LogP contribution < -0.4 is 5.56 Å². The van der Waals surface area contributed by atoms with E-state index in [1.165, 1.54) is 0 Å². The molecule has 3 heterocycles. The molecule has 1 aliphatic heterocycles. The van der Waals surface area contributed by atoms with E-state index < -0.39 is 0 Å². The molecule has 0 aliphatic carbocycles. The van der Waals surface area contributed by atoms with Crippen molar-refractivity contribution in [2.24, 2.45) is 0 Å². The monoisotopic (exact) mass is 349 g/mol. The fourth-order valence-electron chi connectivity index (χ4n) is 2.45. The van der Waals surface area contributed by atoms with Gasteiger partial charge in [-0.1, -0.05) is 24.8 Å². The summed E-state index contributed by atoms with van der Waals surface area (Å²) in [5.41, 5.74) is 2.12. The van der Waals surface area contributed by atoms with Crippen molar-refractivity contribution in [3.63, 3.8) is 0 Å². The predicted octanol–water partition coefficient (Wildman–Crippen LogP) is 2.61. The Labute approximate surface area is 143 Å². The number of pyridine rings is 1. The predicted molar refractivity (Wildman–Crippen MR) is 93.2 cm³/mol. The molecule has 0 N–H and O–H groups in total. The molecule has 1 atom stereocenters. The molecule has 0 saturated heterocycles. The van der Waals surface area contributed by atoms with Gasteiger partial charge in [-0.05, 0) is 11.6 Å². The van der Waals surface area contributed by atoms with Gasteiger partial charge in [0, 0.05) is 36.9 Å². The number of hydrogen-bond donors (Lipinski definition) is 0. The summed E-state index contributed by atoms with van der Waals surface area (Å²) in [6.45, 7) is 3.16. The normalized spacial score (nSPS) is 16.5. The van der Waals surface area contributed by atoms with Gasteiger partial charge in [0.1, 0.15) is 0 Å². The molecule has 1 unspecified atom stereocenters. The van der Waals surface area contributed by atoms with Crippen molar-refractivity contribution >= 4 is 23.5 Å². The van der Waals surface area contributed by atoms with Gasteiger partial charge < -0.3 is 4.74 Å². The van der Waals surface area contributed by atoms with E-state index >= 15 is 0 Å². The third-order valence-corrected chi connectivity index (χ3v) is 5.84. The number of hydrogen-bond acceptors (Lipinski definition) is 6. The van der Waals surface area contributed by atoms with Crippen LogP contribution >= 0.6 is 23.5 Å². The Morgan fingerprint density at radius 1 is 1.52 bits per heavy atom. The molecular weight excluding hydrogens is 330 g/mol. The zero-order chi connectivity index (χ0) is 16.2. The minimum atomic E-state index is 0.0649. The van der Waals surface area contributed by atoms with Crippen molar-refractivity contribution in [1.29, 1.82) is 0 Å². The van der Waals surface area contributed by atoms with Crippen LogP contribution in [0.2, 0.25) is 0 Å². The second kappa shape index (κ2) is 7.51. The van der Waals surface area contributed by atoms with E-state index in [0.717, 1.165) is 33.5 Å². The zero-order valence-electron chi connectivity index (χ0n) is 13.2. The van der Waals surface area contributed by atoms with E-state index in [1.54, 1.807) is 41.4 Å². The lowest BCUT2D eigenvalue weighted by atomic mass is 10.2. The van der Waals surface area contributed by atoms with Gasteiger partial charge >= 0.3 is 0 Å². The van der Waals surface area contributed by atoms with Gasteiger partial charge in [-0.25, -0.2) is 4.98 Å². The smallest absolute Gasteiger partial charge is 0.268 e. The van der Waals surface area contributed by atoms with Gasteiger partial charge in [-0.3, -0.25) is 14.3 Å². The summed E-state index contributed by atoms with van der Waals surface area (Å²) in [7, 11) is 1.64. The number of thioether (sulfide) groups is 2. The van der Waals surface area contributed by atoms with Gasteiger partial charge in [0.05, 0.1) is 23.7 Å². The minimum Gasteiger partial charge on any atom is -0.383 e. The lowest BCUT2D eigenvalue weighted by molar-refractivity contribution is 0.182. The van der Waals surface area contributed by atoms with E-state index in [2.05, 4.69) is 11.9 Å². The van der Waals surface area contributed by atoms with Crippen LogP contribution in [0.15, 0.2) is 39.4 Å². The molecule has 2 aromatic rings. The highest BCUT2D eigenvalue weighted by molar-refractivity contribution is 8.00. The molecule has 7 heteroatoms. The topological polar surface area (TPSA) is 57.0 Å². The fourth-order valence-corrected chi connectivity index (χ4v) is 4.54. The molecule has 1 aliphatic rings. The highest BCUT2D eigenvalue weighted by Crippen LogP contribution is 2.34. The maximum Gasteiger partial charge on any atom is 0.268 e. The molecule has 122 valence electrons. The maximum absolute atomic E-state index is 12.8. The largest absolute Gasteiger partial charge is 0.383 e. The Bertz CT molecular complexity index is 734. The number of methoxy groups -OCH3 is 1. The van der Waals surface area contributed by atoms with Gasteiger partial charge in [0.25, 0.3) is 5.56 Å². The zero-order valence-corrected chi connectivity index (χ0v) is 14.8. The summed E-state index contributed by atoms with van der Waals surface area (Å²) in [6.07, 6.45) is 4.46. The van der Waals surface area contributed by atoms with Crippen LogP contribution in [0.3, 0.4) is 0 Å². The third-order valence-electron chi connectivity index (χ3n) is 3.57. The van der Waals surface area contributed by atoms with Crippen LogP contribution in [0.1, 0.15) is 18.2 Å². The van der Waals surface area contributed by atoms with Crippen molar-refractivity contribution in [3.8, 4) is 0 Å². The van der Waals surface area contributed by atoms with Crippen molar-refractivity contribution in [2.45, 2.75) is 40.9 Å². The second-order valence-corrected chi connectivity index (χ2v) is 7.79. The molecule has 0 aromatic carbocycles. The number of rotatable bonds is 6. The van der Waals surface area contributed by atoms with Gasteiger partial charge in [0.2, 0.25) is 0 Å². The highest BCUT2D eigenvalue weighted by Gasteiger charge is 2.26. The average molecular weight is 349 g/mol. The lowest BCUT2D eigenvalue weighted by Crippen LogP contribution is -2.27. The Morgan fingerprint density at radius 2 is 2.39 bits per heavy atom. The molecule has 23 heavy (non-hydrogen) atoms. The summed E-state index contributed by atoms with van der Waals surface area (Å²) >= 11 is 3.21. The number of aromatic nitrogens is 3. The highest BCUT2D eigenvalue weighted by atomic mass is 32.2. The molecule has 0 fully saturated rings. The van der Waals surface area contributed by atoms with Crippen LogP contribution in [-0.4, -0.2) is 33.5 Å². The first-order chi connectivity index (χ1) is 11.2. The Hall–Kier alpha value is -1.31. The molecule has 2 aromatic heterocycles. The second-order valence-electron chi connectivity index (χ2n) is 5.40. The Kier molecular flexibility index (Phi) is 5.40. The number of nitrogens with zero attached hydrogens (tertiary/aromatic N) is 3.